The fourth-order valence-electron chi connectivity index (χ4n) is 1.81. The Hall–Kier alpha value is -2.08. The van der Waals surface area contributed by atoms with Crippen molar-refractivity contribution in [2.75, 3.05) is 0 Å². The molecule has 1 heterocycles. The van der Waals surface area contributed by atoms with Gasteiger partial charge in [-0.3, -0.25) is 0 Å². The molecule has 3 heteroatoms. The van der Waals surface area contributed by atoms with E-state index in [0.717, 1.165) is 17.1 Å². The summed E-state index contributed by atoms with van der Waals surface area (Å²) in [6.45, 7) is 8.46. The molecule has 2 rings (SSSR count). The minimum absolute atomic E-state index is 0.0306. The number of nitrogens with zero attached hydrogens (tertiary/aromatic N) is 3. The van der Waals surface area contributed by atoms with Crippen molar-refractivity contribution in [2.24, 2.45) is 0 Å². The number of hydrogen-bond donors (Lipinski definition) is 0. The lowest BCUT2D eigenvalue weighted by Crippen LogP contribution is -2.12. The molecule has 1 aromatic carbocycles. The highest BCUT2D eigenvalue weighted by Crippen LogP contribution is 2.23. The van der Waals surface area contributed by atoms with E-state index in [4.69, 9.17) is 5.26 Å². The molecule has 0 aliphatic carbocycles. The summed E-state index contributed by atoms with van der Waals surface area (Å²) >= 11 is 0. The van der Waals surface area contributed by atoms with Gasteiger partial charge in [0.15, 0.2) is 0 Å². The van der Waals surface area contributed by atoms with Gasteiger partial charge in [-0.05, 0) is 31.2 Å². The van der Waals surface area contributed by atoms with Crippen LogP contribution >= 0.6 is 0 Å². The second kappa shape index (κ2) is 4.30. The smallest absolute Gasteiger partial charge is 0.0992 e. The van der Waals surface area contributed by atoms with Crippen molar-refractivity contribution in [3.63, 3.8) is 0 Å². The molecule has 0 fully saturated rings. The van der Waals surface area contributed by atoms with E-state index in [1.807, 2.05) is 29.8 Å². The molecule has 18 heavy (non-hydrogen) atoms. The third kappa shape index (κ3) is 2.28. The molecule has 3 nitrogen and oxygen atoms in total. The Labute approximate surface area is 108 Å². The van der Waals surface area contributed by atoms with Gasteiger partial charge >= 0.3 is 0 Å². The third-order valence-corrected chi connectivity index (χ3v) is 2.88. The fraction of sp³-hybridized carbons (Fsp3) is 0.333. The normalized spacial score (nSPS) is 11.3. The number of aromatic nitrogens is 2. The molecule has 0 spiro atoms. The summed E-state index contributed by atoms with van der Waals surface area (Å²) in [6, 6.07) is 11.7. The molecule has 1 aromatic heterocycles. The SMILES string of the molecule is Cc1cc(C(C)(C)C)nn1-c1cccc(C#N)c1. The first-order valence-corrected chi connectivity index (χ1v) is 5.99. The predicted octanol–water partition coefficient (Wildman–Crippen LogP) is 3.35. The molecule has 0 saturated heterocycles. The first-order chi connectivity index (χ1) is 8.41. The van der Waals surface area contributed by atoms with E-state index in [1.54, 1.807) is 6.07 Å². The van der Waals surface area contributed by atoms with Gasteiger partial charge in [0.1, 0.15) is 0 Å². The molecule has 0 aliphatic rings. The first kappa shape index (κ1) is 12.4. The van der Waals surface area contributed by atoms with Gasteiger partial charge in [-0.25, -0.2) is 4.68 Å². The zero-order valence-electron chi connectivity index (χ0n) is 11.2. The van der Waals surface area contributed by atoms with Crippen LogP contribution in [-0.2, 0) is 5.41 Å². The molecule has 0 N–H and O–H groups in total. The first-order valence-electron chi connectivity index (χ1n) is 5.99. The van der Waals surface area contributed by atoms with Crippen LogP contribution in [0.2, 0.25) is 0 Å². The second-order valence-electron chi connectivity index (χ2n) is 5.49. The van der Waals surface area contributed by atoms with Crippen molar-refractivity contribution < 1.29 is 0 Å². The van der Waals surface area contributed by atoms with E-state index in [9.17, 15) is 0 Å². The summed E-state index contributed by atoms with van der Waals surface area (Å²) in [4.78, 5) is 0. The van der Waals surface area contributed by atoms with Crippen LogP contribution in [0.15, 0.2) is 30.3 Å². The number of rotatable bonds is 1. The van der Waals surface area contributed by atoms with Crippen molar-refractivity contribution in [1.29, 1.82) is 5.26 Å². The van der Waals surface area contributed by atoms with E-state index >= 15 is 0 Å². The lowest BCUT2D eigenvalue weighted by Gasteiger charge is -2.14. The summed E-state index contributed by atoms with van der Waals surface area (Å²) < 4.78 is 1.89. The summed E-state index contributed by atoms with van der Waals surface area (Å²) in [5, 5.41) is 13.6. The quantitative estimate of drug-likeness (QED) is 0.765. The summed E-state index contributed by atoms with van der Waals surface area (Å²) in [6.07, 6.45) is 0. The molecule has 0 amide bonds. The molecular formula is C15H17N3. The highest BCUT2D eigenvalue weighted by molar-refractivity contribution is 5.42. The van der Waals surface area contributed by atoms with Crippen molar-refractivity contribution in [3.8, 4) is 11.8 Å². The fourth-order valence-corrected chi connectivity index (χ4v) is 1.81. The molecule has 0 atom stereocenters. The topological polar surface area (TPSA) is 41.6 Å². The molecule has 0 unspecified atom stereocenters. The monoisotopic (exact) mass is 239 g/mol. The standard InChI is InChI=1S/C15H17N3/c1-11-8-14(15(2,3)4)17-18(11)13-7-5-6-12(9-13)10-16/h5-9H,1-4H3. The van der Waals surface area contributed by atoms with Crippen LogP contribution in [0.5, 0.6) is 0 Å². The molecule has 0 radical (unpaired) electrons. The van der Waals surface area contributed by atoms with Crippen LogP contribution in [-0.4, -0.2) is 9.78 Å². The Bertz CT molecular complexity index is 609. The van der Waals surface area contributed by atoms with E-state index in [2.05, 4.69) is 38.0 Å². The van der Waals surface area contributed by atoms with Crippen LogP contribution < -0.4 is 0 Å². The molecular weight excluding hydrogens is 222 g/mol. The molecule has 0 saturated carbocycles. The van der Waals surface area contributed by atoms with Crippen LogP contribution in [0.4, 0.5) is 0 Å². The average Bonchev–Trinajstić information content (AvgIpc) is 2.71. The number of hydrogen-bond acceptors (Lipinski definition) is 2. The largest absolute Gasteiger partial charge is 0.238 e. The third-order valence-electron chi connectivity index (χ3n) is 2.88. The Kier molecular flexibility index (Phi) is 2.96. The van der Waals surface area contributed by atoms with Crippen LogP contribution in [0.1, 0.15) is 37.7 Å². The van der Waals surface area contributed by atoms with Gasteiger partial charge in [0, 0.05) is 11.1 Å². The Morgan fingerprint density at radius 2 is 1.94 bits per heavy atom. The van der Waals surface area contributed by atoms with Gasteiger partial charge in [-0.1, -0.05) is 26.8 Å². The van der Waals surface area contributed by atoms with Gasteiger partial charge in [0.2, 0.25) is 0 Å². The maximum absolute atomic E-state index is 8.93. The predicted molar refractivity (Wildman–Crippen MR) is 71.7 cm³/mol. The summed E-state index contributed by atoms with van der Waals surface area (Å²) in [5.41, 5.74) is 3.75. The summed E-state index contributed by atoms with van der Waals surface area (Å²) in [7, 11) is 0. The maximum atomic E-state index is 8.93. The molecule has 92 valence electrons. The van der Waals surface area contributed by atoms with E-state index in [-0.39, 0.29) is 5.41 Å². The van der Waals surface area contributed by atoms with Crippen molar-refractivity contribution in [2.45, 2.75) is 33.1 Å². The molecule has 0 bridgehead atoms. The van der Waals surface area contributed by atoms with Crippen LogP contribution in [0, 0.1) is 18.3 Å². The van der Waals surface area contributed by atoms with Gasteiger partial charge in [-0.15, -0.1) is 0 Å². The molecule has 2 aromatic rings. The molecule has 0 aliphatic heterocycles. The van der Waals surface area contributed by atoms with Crippen molar-refractivity contribution >= 4 is 0 Å². The zero-order valence-corrected chi connectivity index (χ0v) is 11.2. The summed E-state index contributed by atoms with van der Waals surface area (Å²) in [5.74, 6) is 0. The number of aryl methyl sites for hydroxylation is 1. The van der Waals surface area contributed by atoms with Crippen molar-refractivity contribution in [1.82, 2.24) is 9.78 Å². The number of benzene rings is 1. The van der Waals surface area contributed by atoms with E-state index in [0.29, 0.717) is 5.56 Å². The van der Waals surface area contributed by atoms with Crippen molar-refractivity contribution in [3.05, 3.63) is 47.3 Å². The minimum atomic E-state index is 0.0306. The van der Waals surface area contributed by atoms with E-state index in [1.165, 1.54) is 0 Å². The highest BCUT2D eigenvalue weighted by Gasteiger charge is 2.19. The van der Waals surface area contributed by atoms with Crippen LogP contribution in [0.25, 0.3) is 5.69 Å². The van der Waals surface area contributed by atoms with Gasteiger partial charge < -0.3 is 0 Å². The lowest BCUT2D eigenvalue weighted by atomic mass is 9.92. The Balaban J connectivity index is 2.52. The lowest BCUT2D eigenvalue weighted by molar-refractivity contribution is 0.560. The maximum Gasteiger partial charge on any atom is 0.0992 e. The Morgan fingerprint density at radius 1 is 1.22 bits per heavy atom. The number of nitriles is 1. The average molecular weight is 239 g/mol. The van der Waals surface area contributed by atoms with Gasteiger partial charge in [-0.2, -0.15) is 10.4 Å². The van der Waals surface area contributed by atoms with Crippen LogP contribution in [0.3, 0.4) is 0 Å². The second-order valence-corrected chi connectivity index (χ2v) is 5.49. The minimum Gasteiger partial charge on any atom is -0.238 e. The van der Waals surface area contributed by atoms with Gasteiger partial charge in [0.25, 0.3) is 0 Å². The van der Waals surface area contributed by atoms with E-state index < -0.39 is 0 Å². The highest BCUT2D eigenvalue weighted by atomic mass is 15.3. The zero-order chi connectivity index (χ0) is 13.3. The Morgan fingerprint density at radius 3 is 2.50 bits per heavy atom. The van der Waals surface area contributed by atoms with Gasteiger partial charge in [0.05, 0.1) is 23.0 Å².